The van der Waals surface area contributed by atoms with E-state index < -0.39 is 0 Å². The second-order valence-corrected chi connectivity index (χ2v) is 6.18. The lowest BCUT2D eigenvalue weighted by atomic mass is 10.1. The number of halogens is 1. The van der Waals surface area contributed by atoms with E-state index in [4.69, 9.17) is 11.6 Å². The Morgan fingerprint density at radius 2 is 1.74 bits per heavy atom. The molecule has 0 atom stereocenters. The normalized spacial score (nSPS) is 10.6. The smallest absolute Gasteiger partial charge is 0.267 e. The van der Waals surface area contributed by atoms with E-state index in [1.165, 1.54) is 6.20 Å². The molecule has 0 saturated carbocycles. The second-order valence-electron chi connectivity index (χ2n) is 5.74. The molecule has 0 bridgehead atoms. The van der Waals surface area contributed by atoms with Crippen molar-refractivity contribution in [3.05, 3.63) is 83.6 Å². The van der Waals surface area contributed by atoms with Crippen LogP contribution in [0.5, 0.6) is 0 Å². The molecular formula is C20H14ClN5O. The van der Waals surface area contributed by atoms with Crippen molar-refractivity contribution in [1.29, 1.82) is 0 Å². The number of anilines is 1. The standard InChI is InChI=1S/C20H14ClN5O/c21-15-9-7-13(8-10-15)18-16-5-1-2-6-17(16)23-20(24-18)26-25-19(27)14-4-3-11-22-12-14/h1-12H,(H,25,27)(H,23,24,26). The fourth-order valence-electron chi connectivity index (χ4n) is 2.64. The highest BCUT2D eigenvalue weighted by Crippen LogP contribution is 2.28. The Hall–Kier alpha value is -3.51. The van der Waals surface area contributed by atoms with Crippen molar-refractivity contribution < 1.29 is 4.79 Å². The van der Waals surface area contributed by atoms with Gasteiger partial charge in [0.15, 0.2) is 0 Å². The van der Waals surface area contributed by atoms with Crippen LogP contribution in [0.1, 0.15) is 10.4 Å². The van der Waals surface area contributed by atoms with Crippen molar-refractivity contribution in [1.82, 2.24) is 20.4 Å². The topological polar surface area (TPSA) is 79.8 Å². The van der Waals surface area contributed by atoms with E-state index in [9.17, 15) is 4.79 Å². The van der Waals surface area contributed by atoms with Gasteiger partial charge in [0, 0.05) is 28.4 Å². The van der Waals surface area contributed by atoms with Crippen molar-refractivity contribution in [2.75, 3.05) is 5.43 Å². The first-order valence-electron chi connectivity index (χ1n) is 8.20. The van der Waals surface area contributed by atoms with Crippen LogP contribution < -0.4 is 10.9 Å². The number of rotatable bonds is 4. The number of amides is 1. The van der Waals surface area contributed by atoms with Crippen molar-refractivity contribution in [2.45, 2.75) is 0 Å². The lowest BCUT2D eigenvalue weighted by Gasteiger charge is -2.11. The number of nitrogens with zero attached hydrogens (tertiary/aromatic N) is 3. The molecule has 132 valence electrons. The van der Waals surface area contributed by atoms with Gasteiger partial charge in [-0.05, 0) is 30.3 Å². The SMILES string of the molecule is O=C(NNc1nc(-c2ccc(Cl)cc2)c2ccccc2n1)c1cccnc1. The fourth-order valence-corrected chi connectivity index (χ4v) is 2.77. The monoisotopic (exact) mass is 375 g/mol. The van der Waals surface area contributed by atoms with Crippen LogP contribution in [-0.2, 0) is 0 Å². The van der Waals surface area contributed by atoms with Crippen LogP contribution in [-0.4, -0.2) is 20.9 Å². The zero-order chi connectivity index (χ0) is 18.6. The first kappa shape index (κ1) is 16.9. The molecule has 6 nitrogen and oxygen atoms in total. The summed E-state index contributed by atoms with van der Waals surface area (Å²) >= 11 is 5.99. The number of benzene rings is 2. The van der Waals surface area contributed by atoms with E-state index in [-0.39, 0.29) is 11.9 Å². The number of hydrazine groups is 1. The molecule has 0 aliphatic carbocycles. The molecular weight excluding hydrogens is 362 g/mol. The highest BCUT2D eigenvalue weighted by Gasteiger charge is 2.11. The minimum absolute atomic E-state index is 0.288. The summed E-state index contributed by atoms with van der Waals surface area (Å²) in [4.78, 5) is 25.2. The maximum atomic E-state index is 12.2. The van der Waals surface area contributed by atoms with Gasteiger partial charge in [0.2, 0.25) is 5.95 Å². The van der Waals surface area contributed by atoms with Gasteiger partial charge >= 0.3 is 0 Å². The van der Waals surface area contributed by atoms with E-state index in [1.54, 1.807) is 18.3 Å². The summed E-state index contributed by atoms with van der Waals surface area (Å²) in [7, 11) is 0. The number of pyridine rings is 1. The van der Waals surface area contributed by atoms with Crippen LogP contribution in [0.3, 0.4) is 0 Å². The Morgan fingerprint density at radius 3 is 2.52 bits per heavy atom. The van der Waals surface area contributed by atoms with Crippen molar-refractivity contribution >= 4 is 34.4 Å². The van der Waals surface area contributed by atoms with Gasteiger partial charge in [-0.3, -0.25) is 20.6 Å². The molecule has 2 aromatic heterocycles. The van der Waals surface area contributed by atoms with Crippen LogP contribution in [0.15, 0.2) is 73.1 Å². The molecule has 2 heterocycles. The quantitative estimate of drug-likeness (QED) is 0.525. The number of carbonyl (C=O) groups excluding carboxylic acids is 1. The Labute approximate surface area is 160 Å². The number of nitrogens with one attached hydrogen (secondary N) is 2. The van der Waals surface area contributed by atoms with Gasteiger partial charge < -0.3 is 0 Å². The fraction of sp³-hybridized carbons (Fsp3) is 0. The maximum absolute atomic E-state index is 12.2. The summed E-state index contributed by atoms with van der Waals surface area (Å²) < 4.78 is 0. The summed E-state index contributed by atoms with van der Waals surface area (Å²) in [5, 5.41) is 1.56. The Morgan fingerprint density at radius 1 is 0.926 bits per heavy atom. The second kappa shape index (κ2) is 7.39. The number of hydrogen-bond acceptors (Lipinski definition) is 5. The number of hydrogen-bond donors (Lipinski definition) is 2. The third kappa shape index (κ3) is 3.70. The zero-order valence-corrected chi connectivity index (χ0v) is 14.8. The number of carbonyl (C=O) groups is 1. The third-order valence-corrected chi connectivity index (χ3v) is 4.18. The van der Waals surface area contributed by atoms with Gasteiger partial charge in [-0.2, -0.15) is 0 Å². The molecule has 0 saturated heterocycles. The van der Waals surface area contributed by atoms with Crippen molar-refractivity contribution in [2.24, 2.45) is 0 Å². The molecule has 0 fully saturated rings. The first-order chi connectivity index (χ1) is 13.2. The molecule has 2 N–H and O–H groups in total. The predicted octanol–water partition coefficient (Wildman–Crippen LogP) is 4.10. The van der Waals surface area contributed by atoms with Gasteiger partial charge in [0.1, 0.15) is 0 Å². The number of aromatic nitrogens is 3. The van der Waals surface area contributed by atoms with Crippen molar-refractivity contribution in [3.63, 3.8) is 0 Å². The first-order valence-corrected chi connectivity index (χ1v) is 8.57. The average Bonchev–Trinajstić information content (AvgIpc) is 2.72. The van der Waals surface area contributed by atoms with Crippen LogP contribution >= 0.6 is 11.6 Å². The Balaban J connectivity index is 1.67. The Kier molecular flexibility index (Phi) is 4.63. The zero-order valence-electron chi connectivity index (χ0n) is 14.1. The van der Waals surface area contributed by atoms with Crippen LogP contribution in [0.2, 0.25) is 5.02 Å². The summed E-state index contributed by atoms with van der Waals surface area (Å²) in [5.74, 6) is -0.0382. The number of fused-ring (bicyclic) bond motifs is 1. The minimum atomic E-state index is -0.326. The highest BCUT2D eigenvalue weighted by atomic mass is 35.5. The van der Waals surface area contributed by atoms with Gasteiger partial charge in [0.25, 0.3) is 5.91 Å². The third-order valence-electron chi connectivity index (χ3n) is 3.93. The molecule has 2 aromatic carbocycles. The predicted molar refractivity (Wildman–Crippen MR) is 105 cm³/mol. The highest BCUT2D eigenvalue weighted by molar-refractivity contribution is 6.30. The van der Waals surface area contributed by atoms with Gasteiger partial charge in [-0.25, -0.2) is 9.97 Å². The summed E-state index contributed by atoms with van der Waals surface area (Å²) in [6, 6.07) is 18.5. The molecule has 0 aliphatic heterocycles. The Bertz CT molecular complexity index is 1100. The van der Waals surface area contributed by atoms with Gasteiger partial charge in [0.05, 0.1) is 16.8 Å². The molecule has 4 rings (SSSR count). The number of para-hydroxylation sites is 1. The minimum Gasteiger partial charge on any atom is -0.267 e. The molecule has 0 radical (unpaired) electrons. The van der Waals surface area contributed by atoms with Gasteiger partial charge in [-0.15, -0.1) is 0 Å². The summed E-state index contributed by atoms with van der Waals surface area (Å²) in [6.45, 7) is 0. The van der Waals surface area contributed by atoms with E-state index in [0.717, 1.165) is 22.2 Å². The summed E-state index contributed by atoms with van der Waals surface area (Å²) in [5.41, 5.74) is 8.22. The maximum Gasteiger partial charge on any atom is 0.271 e. The van der Waals surface area contributed by atoms with Crippen LogP contribution in [0.4, 0.5) is 5.95 Å². The molecule has 4 aromatic rings. The van der Waals surface area contributed by atoms with Crippen LogP contribution in [0.25, 0.3) is 22.2 Å². The van der Waals surface area contributed by atoms with E-state index in [2.05, 4.69) is 25.8 Å². The van der Waals surface area contributed by atoms with Crippen molar-refractivity contribution in [3.8, 4) is 11.3 Å². The van der Waals surface area contributed by atoms with E-state index >= 15 is 0 Å². The molecule has 0 unspecified atom stereocenters. The molecule has 27 heavy (non-hydrogen) atoms. The van der Waals surface area contributed by atoms with E-state index in [1.807, 2.05) is 48.5 Å². The molecule has 0 spiro atoms. The average molecular weight is 376 g/mol. The van der Waals surface area contributed by atoms with E-state index in [0.29, 0.717) is 10.6 Å². The molecule has 0 aliphatic rings. The molecule has 1 amide bonds. The van der Waals surface area contributed by atoms with Gasteiger partial charge in [-0.1, -0.05) is 41.9 Å². The lowest BCUT2D eigenvalue weighted by Crippen LogP contribution is -2.30. The lowest BCUT2D eigenvalue weighted by molar-refractivity contribution is 0.0962. The van der Waals surface area contributed by atoms with Crippen LogP contribution in [0, 0.1) is 0 Å². The molecule has 7 heteroatoms. The summed E-state index contributed by atoms with van der Waals surface area (Å²) in [6.07, 6.45) is 3.09. The largest absolute Gasteiger partial charge is 0.271 e.